The fraction of sp³-hybridized carbons (Fsp3) is 0.500. The minimum atomic E-state index is 0.267. The summed E-state index contributed by atoms with van der Waals surface area (Å²) in [7, 11) is 0. The van der Waals surface area contributed by atoms with E-state index in [2.05, 4.69) is 32.2 Å². The number of nitrogens with one attached hydrogen (secondary N) is 1. The summed E-state index contributed by atoms with van der Waals surface area (Å²) in [5, 5.41) is 5.31. The molecule has 0 radical (unpaired) electrons. The molecule has 1 aromatic heterocycles. The summed E-state index contributed by atoms with van der Waals surface area (Å²) in [6.07, 6.45) is 2.28. The first-order valence-corrected chi connectivity index (χ1v) is 7.50. The van der Waals surface area contributed by atoms with Crippen molar-refractivity contribution in [3.63, 3.8) is 0 Å². The summed E-state index contributed by atoms with van der Waals surface area (Å²) in [6, 6.07) is 8.26. The number of rotatable bonds is 6. The first-order valence-electron chi connectivity index (χ1n) is 7.12. The van der Waals surface area contributed by atoms with E-state index in [1.807, 2.05) is 18.2 Å². The molecular formula is C16H22ClNO. The maximum atomic E-state index is 6.19. The Bertz CT molecular complexity index is 531. The molecule has 0 bridgehead atoms. The monoisotopic (exact) mass is 279 g/mol. The summed E-state index contributed by atoms with van der Waals surface area (Å²) in [5.41, 5.74) is 0.799. The Morgan fingerprint density at radius 3 is 2.53 bits per heavy atom. The molecule has 2 nitrogen and oxygen atoms in total. The van der Waals surface area contributed by atoms with Gasteiger partial charge in [-0.15, -0.1) is 0 Å². The normalized spacial score (nSPS) is 13.3. The molecule has 1 atom stereocenters. The highest BCUT2D eigenvalue weighted by atomic mass is 35.5. The standard InChI is InChI=1S/C16H22ClNO/c1-4-11(5-2)15(18-6-3)14-10-12-8-7-9-13(17)16(12)19-14/h7-11,15,18H,4-6H2,1-3H3. The van der Waals surface area contributed by atoms with Crippen molar-refractivity contribution in [3.05, 3.63) is 35.0 Å². The number of hydrogen-bond donors (Lipinski definition) is 1. The summed E-state index contributed by atoms with van der Waals surface area (Å²) >= 11 is 6.19. The SMILES string of the molecule is CCNC(c1cc2cccc(Cl)c2o1)C(CC)CC. The summed E-state index contributed by atoms with van der Waals surface area (Å²) in [4.78, 5) is 0. The van der Waals surface area contributed by atoms with Crippen LogP contribution in [0.3, 0.4) is 0 Å². The van der Waals surface area contributed by atoms with E-state index < -0.39 is 0 Å². The molecule has 3 heteroatoms. The number of fused-ring (bicyclic) bond motifs is 1. The molecule has 0 saturated carbocycles. The van der Waals surface area contributed by atoms with Crippen molar-refractivity contribution in [3.8, 4) is 0 Å². The van der Waals surface area contributed by atoms with Gasteiger partial charge in [-0.2, -0.15) is 0 Å². The van der Waals surface area contributed by atoms with E-state index in [-0.39, 0.29) is 6.04 Å². The Hall–Kier alpha value is -0.990. The Labute approximate surface area is 120 Å². The fourth-order valence-electron chi connectivity index (χ4n) is 2.68. The summed E-state index contributed by atoms with van der Waals surface area (Å²) < 4.78 is 6.00. The molecule has 0 aliphatic heterocycles. The predicted molar refractivity (Wildman–Crippen MR) is 81.7 cm³/mol. The zero-order chi connectivity index (χ0) is 13.8. The predicted octanol–water partition coefficient (Wildman–Crippen LogP) is 5.17. The molecule has 0 aliphatic carbocycles. The van der Waals surface area contributed by atoms with E-state index in [1.54, 1.807) is 0 Å². The molecule has 2 rings (SSSR count). The third-order valence-electron chi connectivity index (χ3n) is 3.77. The van der Waals surface area contributed by atoms with Gasteiger partial charge in [-0.05, 0) is 24.6 Å². The van der Waals surface area contributed by atoms with Gasteiger partial charge in [0.25, 0.3) is 0 Å². The van der Waals surface area contributed by atoms with Gasteiger partial charge in [0.15, 0.2) is 5.58 Å². The number of halogens is 1. The second-order valence-electron chi connectivity index (χ2n) is 4.92. The lowest BCUT2D eigenvalue weighted by Crippen LogP contribution is -2.27. The van der Waals surface area contributed by atoms with Gasteiger partial charge in [-0.25, -0.2) is 0 Å². The molecule has 104 valence electrons. The number of benzene rings is 1. The first-order chi connectivity index (χ1) is 9.21. The Morgan fingerprint density at radius 1 is 1.21 bits per heavy atom. The van der Waals surface area contributed by atoms with Crippen molar-refractivity contribution in [1.29, 1.82) is 0 Å². The van der Waals surface area contributed by atoms with Crippen molar-refractivity contribution in [2.24, 2.45) is 5.92 Å². The molecular weight excluding hydrogens is 258 g/mol. The van der Waals surface area contributed by atoms with Crippen molar-refractivity contribution in [1.82, 2.24) is 5.32 Å². The van der Waals surface area contributed by atoms with Crippen LogP contribution < -0.4 is 5.32 Å². The van der Waals surface area contributed by atoms with Gasteiger partial charge in [0.1, 0.15) is 5.76 Å². The molecule has 1 N–H and O–H groups in total. The second kappa shape index (κ2) is 6.44. The number of para-hydroxylation sites is 1. The van der Waals surface area contributed by atoms with E-state index in [1.165, 1.54) is 0 Å². The largest absolute Gasteiger partial charge is 0.458 e. The molecule has 0 saturated heterocycles. The van der Waals surface area contributed by atoms with Crippen molar-refractivity contribution >= 4 is 22.6 Å². The lowest BCUT2D eigenvalue weighted by molar-refractivity contribution is 0.304. The van der Waals surface area contributed by atoms with E-state index in [0.29, 0.717) is 10.9 Å². The van der Waals surface area contributed by atoms with Gasteiger partial charge in [0, 0.05) is 5.39 Å². The van der Waals surface area contributed by atoms with Crippen LogP contribution in [0.15, 0.2) is 28.7 Å². The van der Waals surface area contributed by atoms with Gasteiger partial charge >= 0.3 is 0 Å². The van der Waals surface area contributed by atoms with E-state index >= 15 is 0 Å². The topological polar surface area (TPSA) is 25.2 Å². The van der Waals surface area contributed by atoms with Crippen LogP contribution in [0.5, 0.6) is 0 Å². The Balaban J connectivity index is 2.41. The van der Waals surface area contributed by atoms with E-state index in [4.69, 9.17) is 16.0 Å². The zero-order valence-corrected chi connectivity index (χ0v) is 12.6. The number of furan rings is 1. The van der Waals surface area contributed by atoms with Crippen molar-refractivity contribution in [2.75, 3.05) is 6.54 Å². The molecule has 0 aliphatic rings. The fourth-order valence-corrected chi connectivity index (χ4v) is 2.90. The smallest absolute Gasteiger partial charge is 0.152 e. The molecule has 19 heavy (non-hydrogen) atoms. The van der Waals surface area contributed by atoms with Gasteiger partial charge in [0.05, 0.1) is 11.1 Å². The maximum Gasteiger partial charge on any atom is 0.152 e. The maximum absolute atomic E-state index is 6.19. The highest BCUT2D eigenvalue weighted by Gasteiger charge is 2.23. The van der Waals surface area contributed by atoms with Gasteiger partial charge in [-0.3, -0.25) is 0 Å². The average molecular weight is 280 g/mol. The molecule has 1 heterocycles. The van der Waals surface area contributed by atoms with Gasteiger partial charge in [-0.1, -0.05) is 57.3 Å². The summed E-state index contributed by atoms with van der Waals surface area (Å²) in [6.45, 7) is 7.53. The van der Waals surface area contributed by atoms with Crippen LogP contribution in [0.2, 0.25) is 5.02 Å². The van der Waals surface area contributed by atoms with Crippen LogP contribution in [-0.2, 0) is 0 Å². The quantitative estimate of drug-likeness (QED) is 0.789. The minimum absolute atomic E-state index is 0.267. The van der Waals surface area contributed by atoms with Gasteiger partial charge in [0.2, 0.25) is 0 Å². The van der Waals surface area contributed by atoms with E-state index in [9.17, 15) is 0 Å². The minimum Gasteiger partial charge on any atom is -0.458 e. The Kier molecular flexibility index (Phi) is 4.89. The average Bonchev–Trinajstić information content (AvgIpc) is 2.84. The molecule has 2 aromatic rings. The highest BCUT2D eigenvalue weighted by molar-refractivity contribution is 6.34. The van der Waals surface area contributed by atoms with Crippen LogP contribution >= 0.6 is 11.6 Å². The van der Waals surface area contributed by atoms with Crippen LogP contribution in [0.1, 0.15) is 45.4 Å². The van der Waals surface area contributed by atoms with Crippen LogP contribution in [0.25, 0.3) is 11.0 Å². The van der Waals surface area contributed by atoms with Crippen LogP contribution in [0, 0.1) is 5.92 Å². The lowest BCUT2D eigenvalue weighted by Gasteiger charge is -2.24. The Morgan fingerprint density at radius 2 is 1.95 bits per heavy atom. The van der Waals surface area contributed by atoms with Crippen molar-refractivity contribution < 1.29 is 4.42 Å². The second-order valence-corrected chi connectivity index (χ2v) is 5.33. The van der Waals surface area contributed by atoms with Crippen LogP contribution in [-0.4, -0.2) is 6.54 Å². The lowest BCUT2D eigenvalue weighted by atomic mass is 9.92. The zero-order valence-electron chi connectivity index (χ0n) is 11.9. The third kappa shape index (κ3) is 2.96. The van der Waals surface area contributed by atoms with Crippen molar-refractivity contribution in [2.45, 2.75) is 39.7 Å². The first kappa shape index (κ1) is 14.4. The molecule has 1 aromatic carbocycles. The molecule has 0 spiro atoms. The van der Waals surface area contributed by atoms with Crippen LogP contribution in [0.4, 0.5) is 0 Å². The summed E-state index contributed by atoms with van der Waals surface area (Å²) in [5.74, 6) is 1.58. The third-order valence-corrected chi connectivity index (χ3v) is 4.06. The molecule has 1 unspecified atom stereocenters. The number of hydrogen-bond acceptors (Lipinski definition) is 2. The molecule has 0 amide bonds. The van der Waals surface area contributed by atoms with E-state index in [0.717, 1.165) is 36.1 Å². The molecule has 0 fully saturated rings. The van der Waals surface area contributed by atoms with Gasteiger partial charge < -0.3 is 9.73 Å². The highest BCUT2D eigenvalue weighted by Crippen LogP contribution is 2.34.